The maximum absolute atomic E-state index is 14.9. The Morgan fingerprint density at radius 3 is 1.27 bits per heavy atom. The molecule has 0 radical (unpaired) electrons. The van der Waals surface area contributed by atoms with Crippen LogP contribution >= 0.6 is 0 Å². The summed E-state index contributed by atoms with van der Waals surface area (Å²) in [6, 6.07) is 8.94. The third-order valence-corrected chi connectivity index (χ3v) is 28.9. The second-order valence-corrected chi connectivity index (χ2v) is 40.4. The number of ether oxygens (including phenoxy) is 8. The molecule has 0 unspecified atom stereocenters. The molecule has 4 aromatic rings. The molecule has 2 saturated heterocycles. The molecule has 14 atom stereocenters. The second kappa shape index (κ2) is 31.4. The highest BCUT2D eigenvalue weighted by Gasteiger charge is 2.65. The van der Waals surface area contributed by atoms with Crippen molar-refractivity contribution in [1.29, 1.82) is 0 Å². The molecule has 26 nitrogen and oxygen atoms in total. The van der Waals surface area contributed by atoms with Crippen LogP contribution in [0.2, 0.25) is 0 Å². The normalized spacial score (nSPS) is 30.9. The Bertz CT molecular complexity index is 4370. The van der Waals surface area contributed by atoms with Crippen LogP contribution in [0.5, 0.6) is 34.8 Å². The number of Topliss-reactive ketones (excluding diaryl/α,β-unsaturated/α-hetero) is 2. The Hall–Kier alpha value is -8.40. The number of rotatable bonds is 14. The van der Waals surface area contributed by atoms with Gasteiger partial charge >= 0.3 is 11.9 Å². The smallest absolute Gasteiger partial charge is 0.307 e. The predicted molar refractivity (Wildman–Crippen MR) is 415 cm³/mol. The fourth-order valence-electron chi connectivity index (χ4n) is 17.3. The van der Waals surface area contributed by atoms with Crippen molar-refractivity contribution in [3.8, 4) is 34.8 Å². The van der Waals surface area contributed by atoms with Crippen LogP contribution in [0.25, 0.3) is 21.5 Å². The Labute approximate surface area is 656 Å². The summed E-state index contributed by atoms with van der Waals surface area (Å²) in [6.45, 7) is 23.9. The summed E-state index contributed by atoms with van der Waals surface area (Å²) in [4.78, 5) is 126. The molecule has 0 spiro atoms. The van der Waals surface area contributed by atoms with E-state index >= 15 is 0 Å². The first-order chi connectivity index (χ1) is 52.8. The maximum Gasteiger partial charge on any atom is 0.307 e. The van der Waals surface area contributed by atoms with E-state index in [9.17, 15) is 55.2 Å². The van der Waals surface area contributed by atoms with Crippen molar-refractivity contribution in [2.45, 2.75) is 244 Å². The van der Waals surface area contributed by atoms with E-state index in [2.05, 4.69) is 33.3 Å². The predicted octanol–water partition coefficient (Wildman–Crippen LogP) is 11.4. The SMILES string of the molecule is C[C@@H]1CC/C=C\[C@@H]2C[C@@]2(C(=O)NS(=O)(=O)C2(C)CC2)CC(=O)[C@@H]2C[C@@H](Oc3nccc4c5c(ccc34)OCCO5)CN2C(=O)[C@@H](CC(=O)OC(C)(C)C)[C@H](C)C1.C[C@H]1CC/C=C\[C@@H]2C[C@@]2(C(=O)NS(=O)(=O)C2(C)CC2)CC(=O)[C@@H]2C[C@@H](Oc3nccc4c5c(ccc34)OCCO5)CN2C(=O)[C@@H](CC(=O)OC(C)(C)C)[C@H](C)C1. The van der Waals surface area contributed by atoms with Crippen LogP contribution in [-0.4, -0.2) is 168 Å². The maximum atomic E-state index is 14.9. The third kappa shape index (κ3) is 17.6. The molecule has 112 heavy (non-hydrogen) atoms. The number of allylic oxidation sites excluding steroid dienone is 4. The molecule has 6 fully saturated rings. The van der Waals surface area contributed by atoms with Gasteiger partial charge < -0.3 is 47.7 Å². The zero-order chi connectivity index (χ0) is 80.4. The first-order valence-corrected chi connectivity index (χ1v) is 43.0. The van der Waals surface area contributed by atoms with E-state index in [1.807, 2.05) is 62.4 Å². The minimum absolute atomic E-state index is 0.0419. The Morgan fingerprint density at radius 1 is 0.527 bits per heavy atom. The van der Waals surface area contributed by atoms with Crippen LogP contribution < -0.4 is 37.9 Å². The van der Waals surface area contributed by atoms with Crippen molar-refractivity contribution >= 4 is 88.7 Å². The summed E-state index contributed by atoms with van der Waals surface area (Å²) >= 11 is 0. The van der Waals surface area contributed by atoms with Crippen LogP contribution in [0.4, 0.5) is 0 Å². The summed E-state index contributed by atoms with van der Waals surface area (Å²) in [5, 5.41) is 2.86. The summed E-state index contributed by atoms with van der Waals surface area (Å²) in [5.74, 6) is -3.00. The van der Waals surface area contributed by atoms with Gasteiger partial charge in [0, 0.05) is 59.6 Å². The summed E-state index contributed by atoms with van der Waals surface area (Å²) < 4.78 is 104. The molecule has 2 aromatic carbocycles. The molecule has 2 aromatic heterocycles. The monoisotopic (exact) mass is 1590 g/mol. The lowest BCUT2D eigenvalue weighted by atomic mass is 9.82. The van der Waals surface area contributed by atoms with Gasteiger partial charge in [-0.2, -0.15) is 0 Å². The highest BCUT2D eigenvalue weighted by molar-refractivity contribution is 7.92. The van der Waals surface area contributed by atoms with Gasteiger partial charge in [-0.15, -0.1) is 0 Å². The van der Waals surface area contributed by atoms with Crippen molar-refractivity contribution < 1.29 is 93.1 Å². The first kappa shape index (κ1) is 81.6. The Kier molecular flexibility index (Phi) is 22.9. The van der Waals surface area contributed by atoms with Gasteiger partial charge in [-0.3, -0.25) is 47.8 Å². The average Bonchev–Trinajstić information content (AvgIpc) is 1.56. The molecule has 10 aliphatic rings. The van der Waals surface area contributed by atoms with Gasteiger partial charge in [0.25, 0.3) is 0 Å². The highest BCUT2D eigenvalue weighted by Crippen LogP contribution is 2.60. The lowest BCUT2D eigenvalue weighted by molar-refractivity contribution is -0.160. The number of pyridine rings is 2. The lowest BCUT2D eigenvalue weighted by Crippen LogP contribution is -2.48. The number of hydrogen-bond acceptors (Lipinski definition) is 22. The summed E-state index contributed by atoms with van der Waals surface area (Å²) in [7, 11) is -7.91. The zero-order valence-corrected chi connectivity index (χ0v) is 68.2. The Morgan fingerprint density at radius 2 is 0.902 bits per heavy atom. The zero-order valence-electron chi connectivity index (χ0n) is 66.6. The minimum atomic E-state index is -3.96. The van der Waals surface area contributed by atoms with E-state index in [0.717, 1.165) is 36.5 Å². The number of carbonyl (C=O) groups excluding carboxylic acids is 8. The van der Waals surface area contributed by atoms with Gasteiger partial charge in [0.1, 0.15) is 49.8 Å². The number of fused-ring (bicyclic) bond motifs is 10. The number of nitrogens with zero attached hydrogens (tertiary/aromatic N) is 4. The number of aromatic nitrogens is 2. The fraction of sp³-hybridized carbons (Fsp3) is 0.643. The van der Waals surface area contributed by atoms with E-state index in [1.165, 1.54) is 9.80 Å². The number of hydrogen-bond donors (Lipinski definition) is 2. The van der Waals surface area contributed by atoms with Gasteiger partial charge in [-0.1, -0.05) is 52.0 Å². The number of carbonyl (C=O) groups is 8. The number of nitrogens with one attached hydrogen (secondary N) is 2. The van der Waals surface area contributed by atoms with Crippen LogP contribution in [0, 0.1) is 58.2 Å². The molecule has 4 saturated carbocycles. The molecular weight excluding hydrogens is 1480 g/mol. The van der Waals surface area contributed by atoms with Gasteiger partial charge in [-0.25, -0.2) is 26.8 Å². The van der Waals surface area contributed by atoms with E-state index in [-0.39, 0.29) is 111 Å². The average molecular weight is 1590 g/mol. The van der Waals surface area contributed by atoms with Crippen LogP contribution in [-0.2, 0) is 67.9 Å². The standard InChI is InChI=1S/2C42H55N3O10S/c2*1-25-9-7-8-10-27-22-42(27,39(49)44-56(50,51)41(6)14-15-41)23-33(46)32-20-28(24-45(32)38(48)31(26(2)19-25)21-35(47)55-40(3,4)5)54-37-30-11-12-34-36(53-18-17-52-34)29(30)13-16-43-37/h2*8,10-13,16,25-28,31-32H,7,9,14-15,17-24H2,1-6H3,(H,44,49)/b2*10-8-/t25-,26+,27+,28+,31-,32-,42+;25-,26-,27-,28-,31+,32+,42-/m01/s1. The summed E-state index contributed by atoms with van der Waals surface area (Å²) in [6.07, 6.45) is 16.1. The molecule has 6 aliphatic heterocycles. The van der Waals surface area contributed by atoms with Crippen molar-refractivity contribution in [3.63, 3.8) is 0 Å². The number of ketones is 2. The molecule has 608 valence electrons. The van der Waals surface area contributed by atoms with E-state index in [0.29, 0.717) is 123 Å². The van der Waals surface area contributed by atoms with Crippen molar-refractivity contribution in [3.05, 3.63) is 73.1 Å². The van der Waals surface area contributed by atoms with E-state index in [4.69, 9.17) is 37.9 Å². The number of esters is 2. The fourth-order valence-corrected chi connectivity index (χ4v) is 19.9. The molecule has 4 aliphatic carbocycles. The molecule has 0 bridgehead atoms. The molecule has 8 heterocycles. The van der Waals surface area contributed by atoms with E-state index < -0.39 is 111 Å². The number of sulfonamides is 2. The van der Waals surface area contributed by atoms with Gasteiger partial charge in [0.15, 0.2) is 34.6 Å². The quantitative estimate of drug-likeness (QED) is 0.0875. The Balaban J connectivity index is 0.000000196. The minimum Gasteiger partial charge on any atom is -0.486 e. The molecule has 2 N–H and O–H groups in total. The lowest BCUT2D eigenvalue weighted by Gasteiger charge is -2.32. The van der Waals surface area contributed by atoms with Gasteiger partial charge in [0.05, 0.1) is 70.2 Å². The molecular formula is C84H110N6O20S2. The number of amides is 4. The van der Waals surface area contributed by atoms with Crippen molar-refractivity contribution in [1.82, 2.24) is 29.2 Å². The second-order valence-electron chi connectivity index (χ2n) is 36.0. The molecule has 4 amide bonds. The van der Waals surface area contributed by atoms with Crippen LogP contribution in [0.3, 0.4) is 0 Å². The van der Waals surface area contributed by atoms with Crippen molar-refractivity contribution in [2.75, 3.05) is 39.5 Å². The van der Waals surface area contributed by atoms with Gasteiger partial charge in [0.2, 0.25) is 55.4 Å². The highest BCUT2D eigenvalue weighted by atomic mass is 32.2. The van der Waals surface area contributed by atoms with Crippen molar-refractivity contribution in [2.24, 2.45) is 58.2 Å². The largest absolute Gasteiger partial charge is 0.486 e. The van der Waals surface area contributed by atoms with Crippen LogP contribution in [0.15, 0.2) is 73.1 Å². The molecule has 14 rings (SSSR count). The first-order valence-electron chi connectivity index (χ1n) is 40.0. The van der Waals surface area contributed by atoms with E-state index in [1.54, 1.807) is 79.9 Å². The molecule has 28 heteroatoms. The van der Waals surface area contributed by atoms with Gasteiger partial charge in [-0.05, 0) is 204 Å². The topological polar surface area (TPSA) is 335 Å². The third-order valence-electron chi connectivity index (χ3n) is 24.6. The summed E-state index contributed by atoms with van der Waals surface area (Å²) in [5.41, 5.74) is -4.05. The van der Waals surface area contributed by atoms with Crippen LogP contribution in [0.1, 0.15) is 199 Å². The number of benzene rings is 2.